The molecule has 2 fully saturated rings. The number of hydrogen-bond acceptors (Lipinski definition) is 5. The van der Waals surface area contributed by atoms with Crippen molar-refractivity contribution in [1.29, 1.82) is 5.26 Å². The highest BCUT2D eigenvalue weighted by Gasteiger charge is 2.55. The topological polar surface area (TPSA) is 97.7 Å². The van der Waals surface area contributed by atoms with Crippen molar-refractivity contribution >= 4 is 22.8 Å². The summed E-state index contributed by atoms with van der Waals surface area (Å²) in [5.41, 5.74) is 1.51. The maximum absolute atomic E-state index is 13.6. The van der Waals surface area contributed by atoms with E-state index in [1.54, 1.807) is 12.4 Å². The van der Waals surface area contributed by atoms with Crippen molar-refractivity contribution in [3.8, 4) is 6.07 Å². The normalized spacial score (nSPS) is 20.4. The average molecular weight is 418 g/mol. The van der Waals surface area contributed by atoms with Crippen LogP contribution in [-0.4, -0.2) is 33.9 Å². The number of aromatic nitrogens is 3. The molecule has 1 aromatic carbocycles. The first-order valence-corrected chi connectivity index (χ1v) is 10.5. The lowest BCUT2D eigenvalue weighted by Crippen LogP contribution is -2.48. The molecule has 8 heteroatoms. The summed E-state index contributed by atoms with van der Waals surface area (Å²) >= 11 is 0. The number of anilines is 1. The fourth-order valence-corrected chi connectivity index (χ4v) is 4.82. The van der Waals surface area contributed by atoms with Gasteiger partial charge in [-0.1, -0.05) is 6.07 Å². The molecule has 2 aromatic heterocycles. The highest BCUT2D eigenvalue weighted by Crippen LogP contribution is 2.56. The number of nitriles is 1. The standard InChI is InChI=1S/C23H23FN6O/c1-14(15-2-3-19(24)16(10-15)11-25)29-22(31)18-5-9-30(12-23(18)6-7-23)21-17-4-8-26-20(17)27-13-28-21/h2-4,8,10,13-14,18H,5-7,9,12H2,1H3,(H,29,31)(H,26,27,28). The number of nitrogens with zero attached hydrogens (tertiary/aromatic N) is 4. The number of aromatic amines is 1. The van der Waals surface area contributed by atoms with Gasteiger partial charge in [-0.3, -0.25) is 4.79 Å². The number of amides is 1. The molecule has 2 unspecified atom stereocenters. The monoisotopic (exact) mass is 418 g/mol. The van der Waals surface area contributed by atoms with Gasteiger partial charge < -0.3 is 15.2 Å². The molecule has 1 saturated heterocycles. The molecule has 3 heterocycles. The number of nitrogens with one attached hydrogen (secondary N) is 2. The van der Waals surface area contributed by atoms with Gasteiger partial charge in [0.05, 0.1) is 17.0 Å². The Hall–Kier alpha value is -3.47. The number of halogens is 1. The molecular weight excluding hydrogens is 395 g/mol. The van der Waals surface area contributed by atoms with E-state index in [0.717, 1.165) is 54.8 Å². The van der Waals surface area contributed by atoms with Gasteiger partial charge in [-0.2, -0.15) is 5.26 Å². The molecule has 158 valence electrons. The van der Waals surface area contributed by atoms with Crippen LogP contribution in [0.15, 0.2) is 36.8 Å². The molecule has 2 atom stereocenters. The van der Waals surface area contributed by atoms with E-state index in [0.29, 0.717) is 0 Å². The van der Waals surface area contributed by atoms with Crippen molar-refractivity contribution in [1.82, 2.24) is 20.3 Å². The minimum Gasteiger partial charge on any atom is -0.355 e. The molecule has 0 radical (unpaired) electrons. The molecule has 2 N–H and O–H groups in total. The van der Waals surface area contributed by atoms with E-state index in [2.05, 4.69) is 25.2 Å². The minimum absolute atomic E-state index is 0.00788. The van der Waals surface area contributed by atoms with E-state index in [1.165, 1.54) is 12.1 Å². The summed E-state index contributed by atoms with van der Waals surface area (Å²) in [6.07, 6.45) is 6.23. The smallest absolute Gasteiger partial charge is 0.224 e. The third-order valence-electron chi connectivity index (χ3n) is 6.74. The quantitative estimate of drug-likeness (QED) is 0.676. The Morgan fingerprint density at radius 2 is 2.23 bits per heavy atom. The summed E-state index contributed by atoms with van der Waals surface area (Å²) in [5, 5.41) is 13.2. The molecule has 1 spiro atoms. The summed E-state index contributed by atoms with van der Waals surface area (Å²) < 4.78 is 13.6. The van der Waals surface area contributed by atoms with Crippen LogP contribution in [0.5, 0.6) is 0 Å². The van der Waals surface area contributed by atoms with E-state index in [9.17, 15) is 9.18 Å². The number of carbonyl (C=O) groups excluding carboxylic acids is 1. The van der Waals surface area contributed by atoms with Crippen molar-refractivity contribution in [3.05, 3.63) is 53.7 Å². The zero-order valence-electron chi connectivity index (χ0n) is 17.2. The molecule has 7 nitrogen and oxygen atoms in total. The van der Waals surface area contributed by atoms with Gasteiger partial charge in [-0.15, -0.1) is 0 Å². The first-order valence-electron chi connectivity index (χ1n) is 10.5. The Bertz CT molecular complexity index is 1190. The number of hydrogen-bond donors (Lipinski definition) is 2. The predicted molar refractivity (Wildman–Crippen MR) is 114 cm³/mol. The Labute approximate surface area is 179 Å². The maximum atomic E-state index is 13.6. The predicted octanol–water partition coefficient (Wildman–Crippen LogP) is 3.45. The lowest BCUT2D eigenvalue weighted by atomic mass is 9.81. The lowest BCUT2D eigenvalue weighted by molar-refractivity contribution is -0.128. The number of H-pyrrole nitrogens is 1. The van der Waals surface area contributed by atoms with Crippen molar-refractivity contribution in [3.63, 3.8) is 0 Å². The number of carbonyl (C=O) groups is 1. The first kappa shape index (κ1) is 19.5. The molecule has 1 aliphatic carbocycles. The number of rotatable bonds is 4. The Kier molecular flexibility index (Phi) is 4.62. The van der Waals surface area contributed by atoms with E-state index in [1.807, 2.05) is 25.3 Å². The fraction of sp³-hybridized carbons (Fsp3) is 0.391. The Morgan fingerprint density at radius 3 is 3.00 bits per heavy atom. The van der Waals surface area contributed by atoms with Crippen molar-refractivity contribution in [2.24, 2.45) is 11.3 Å². The summed E-state index contributed by atoms with van der Waals surface area (Å²) in [7, 11) is 0. The van der Waals surface area contributed by atoms with Crippen LogP contribution in [0.2, 0.25) is 0 Å². The molecule has 2 aliphatic rings. The van der Waals surface area contributed by atoms with Gasteiger partial charge >= 0.3 is 0 Å². The molecular formula is C23H23FN6O. The lowest BCUT2D eigenvalue weighted by Gasteiger charge is -2.39. The van der Waals surface area contributed by atoms with Crippen LogP contribution in [0.25, 0.3) is 11.0 Å². The second-order valence-electron chi connectivity index (χ2n) is 8.64. The van der Waals surface area contributed by atoms with Crippen LogP contribution in [0.4, 0.5) is 10.2 Å². The van der Waals surface area contributed by atoms with E-state index in [4.69, 9.17) is 5.26 Å². The van der Waals surface area contributed by atoms with E-state index in [-0.39, 0.29) is 28.8 Å². The van der Waals surface area contributed by atoms with Crippen molar-refractivity contribution in [2.45, 2.75) is 32.2 Å². The molecule has 31 heavy (non-hydrogen) atoms. The van der Waals surface area contributed by atoms with Gasteiger partial charge in [0, 0.05) is 25.2 Å². The van der Waals surface area contributed by atoms with Gasteiger partial charge in [0.15, 0.2) is 0 Å². The zero-order chi connectivity index (χ0) is 21.6. The third-order valence-corrected chi connectivity index (χ3v) is 6.74. The van der Waals surface area contributed by atoms with Gasteiger partial charge in [0.1, 0.15) is 29.7 Å². The summed E-state index contributed by atoms with van der Waals surface area (Å²) in [6.45, 7) is 3.41. The molecule has 0 bridgehead atoms. The third kappa shape index (κ3) is 3.40. The summed E-state index contributed by atoms with van der Waals surface area (Å²) in [4.78, 5) is 27.4. The second kappa shape index (κ2) is 7.34. The largest absolute Gasteiger partial charge is 0.355 e. The van der Waals surface area contributed by atoms with Gasteiger partial charge in [0.2, 0.25) is 5.91 Å². The van der Waals surface area contributed by atoms with Crippen LogP contribution in [0.3, 0.4) is 0 Å². The van der Waals surface area contributed by atoms with Gasteiger partial charge in [-0.25, -0.2) is 14.4 Å². The first-order chi connectivity index (χ1) is 15.0. The molecule has 5 rings (SSSR count). The molecule has 1 saturated carbocycles. The molecule has 1 amide bonds. The minimum atomic E-state index is -0.546. The maximum Gasteiger partial charge on any atom is 0.224 e. The van der Waals surface area contributed by atoms with Crippen LogP contribution in [-0.2, 0) is 4.79 Å². The molecule has 1 aliphatic heterocycles. The van der Waals surface area contributed by atoms with E-state index >= 15 is 0 Å². The summed E-state index contributed by atoms with van der Waals surface area (Å²) in [5.74, 6) is 0.336. The zero-order valence-corrected chi connectivity index (χ0v) is 17.2. The van der Waals surface area contributed by atoms with Crippen LogP contribution in [0, 0.1) is 28.5 Å². The van der Waals surface area contributed by atoms with Crippen LogP contribution < -0.4 is 10.2 Å². The SMILES string of the molecule is CC(NC(=O)C1CCN(c2ncnc3[nH]ccc23)CC12CC2)c1ccc(F)c(C#N)c1. The van der Waals surface area contributed by atoms with Crippen LogP contribution >= 0.6 is 0 Å². The van der Waals surface area contributed by atoms with Gasteiger partial charge in [-0.05, 0) is 55.4 Å². The molecule has 3 aromatic rings. The van der Waals surface area contributed by atoms with E-state index < -0.39 is 5.82 Å². The summed E-state index contributed by atoms with van der Waals surface area (Å²) in [6, 6.07) is 7.95. The Morgan fingerprint density at radius 1 is 1.39 bits per heavy atom. The fourth-order valence-electron chi connectivity index (χ4n) is 4.82. The van der Waals surface area contributed by atoms with Gasteiger partial charge in [0.25, 0.3) is 0 Å². The average Bonchev–Trinajstić information content (AvgIpc) is 3.34. The number of piperidine rings is 1. The van der Waals surface area contributed by atoms with Crippen molar-refractivity contribution in [2.75, 3.05) is 18.0 Å². The highest BCUT2D eigenvalue weighted by atomic mass is 19.1. The Balaban J connectivity index is 1.30. The number of benzene rings is 1. The van der Waals surface area contributed by atoms with Crippen molar-refractivity contribution < 1.29 is 9.18 Å². The van der Waals surface area contributed by atoms with Crippen LogP contribution in [0.1, 0.15) is 43.4 Å². The second-order valence-corrected chi connectivity index (χ2v) is 8.64. The highest BCUT2D eigenvalue weighted by molar-refractivity contribution is 5.88. The number of fused-ring (bicyclic) bond motifs is 1.